The zero-order chi connectivity index (χ0) is 17.6. The van der Waals surface area contributed by atoms with Crippen LogP contribution in [0.4, 0.5) is 5.69 Å². The Bertz CT molecular complexity index is 748. The average molecular weight is 338 g/mol. The van der Waals surface area contributed by atoms with Crippen LogP contribution in [0.1, 0.15) is 33.7 Å². The van der Waals surface area contributed by atoms with Crippen molar-refractivity contribution in [3.05, 3.63) is 59.9 Å². The number of rotatable bonds is 5. The van der Waals surface area contributed by atoms with Crippen LogP contribution in [0.2, 0.25) is 0 Å². The summed E-state index contributed by atoms with van der Waals surface area (Å²) in [6.45, 7) is 2.39. The van der Waals surface area contributed by atoms with E-state index in [1.54, 1.807) is 12.3 Å². The maximum atomic E-state index is 12.2. The maximum Gasteiger partial charge on any atom is 0.267 e. The van der Waals surface area contributed by atoms with Crippen molar-refractivity contribution in [3.63, 3.8) is 0 Å². The fraction of sp³-hybridized carbons (Fsp3) is 0.316. The van der Waals surface area contributed by atoms with Crippen LogP contribution in [0.3, 0.4) is 0 Å². The molecule has 0 bridgehead atoms. The van der Waals surface area contributed by atoms with Crippen molar-refractivity contribution < 1.29 is 9.59 Å². The van der Waals surface area contributed by atoms with Gasteiger partial charge in [0, 0.05) is 37.1 Å². The van der Waals surface area contributed by atoms with Gasteiger partial charge < -0.3 is 16.0 Å². The van der Waals surface area contributed by atoms with Crippen molar-refractivity contribution in [1.82, 2.24) is 10.3 Å². The van der Waals surface area contributed by atoms with Crippen molar-refractivity contribution in [2.24, 2.45) is 11.7 Å². The highest BCUT2D eigenvalue weighted by molar-refractivity contribution is 5.94. The molecule has 0 unspecified atom stereocenters. The number of nitrogens with zero attached hydrogens (tertiary/aromatic N) is 2. The van der Waals surface area contributed by atoms with Crippen molar-refractivity contribution >= 4 is 17.5 Å². The van der Waals surface area contributed by atoms with Gasteiger partial charge in [0.2, 0.25) is 0 Å². The second-order valence-electron chi connectivity index (χ2n) is 6.29. The number of nitrogens with one attached hydrogen (secondary N) is 1. The molecule has 1 aromatic heterocycles. The van der Waals surface area contributed by atoms with E-state index in [2.05, 4.69) is 15.2 Å². The second kappa shape index (κ2) is 7.79. The van der Waals surface area contributed by atoms with Crippen LogP contribution in [0.5, 0.6) is 0 Å². The lowest BCUT2D eigenvalue weighted by atomic mass is 9.97. The molecule has 1 atom stereocenters. The molecule has 1 aliphatic rings. The Labute approximate surface area is 147 Å². The summed E-state index contributed by atoms with van der Waals surface area (Å²) in [7, 11) is 0. The maximum absolute atomic E-state index is 12.2. The molecule has 0 spiro atoms. The number of amides is 2. The highest BCUT2D eigenvalue weighted by atomic mass is 16.2. The number of hydrogen-bond donors (Lipinski definition) is 2. The second-order valence-corrected chi connectivity index (χ2v) is 6.29. The van der Waals surface area contributed by atoms with Crippen molar-refractivity contribution in [2.45, 2.75) is 12.8 Å². The van der Waals surface area contributed by atoms with Gasteiger partial charge in [-0.2, -0.15) is 0 Å². The quantitative estimate of drug-likeness (QED) is 0.870. The number of piperidine rings is 1. The molecule has 6 heteroatoms. The molecule has 1 aromatic carbocycles. The van der Waals surface area contributed by atoms with E-state index in [-0.39, 0.29) is 11.6 Å². The predicted octanol–water partition coefficient (Wildman–Crippen LogP) is 1.83. The van der Waals surface area contributed by atoms with E-state index in [4.69, 9.17) is 5.73 Å². The Balaban J connectivity index is 1.59. The molecule has 6 nitrogen and oxygen atoms in total. The van der Waals surface area contributed by atoms with Crippen LogP contribution in [-0.4, -0.2) is 36.4 Å². The van der Waals surface area contributed by atoms with E-state index in [1.807, 2.05) is 36.4 Å². The molecular weight excluding hydrogens is 316 g/mol. The molecule has 1 saturated heterocycles. The van der Waals surface area contributed by atoms with E-state index >= 15 is 0 Å². The van der Waals surface area contributed by atoms with Crippen LogP contribution in [0.15, 0.2) is 48.7 Å². The van der Waals surface area contributed by atoms with Gasteiger partial charge in [0.15, 0.2) is 0 Å². The number of carbonyl (C=O) groups is 2. The van der Waals surface area contributed by atoms with Crippen LogP contribution in [0, 0.1) is 5.92 Å². The largest absolute Gasteiger partial charge is 0.371 e. The minimum Gasteiger partial charge on any atom is -0.371 e. The third-order valence-electron chi connectivity index (χ3n) is 4.47. The van der Waals surface area contributed by atoms with Gasteiger partial charge in [0.25, 0.3) is 11.8 Å². The molecule has 2 heterocycles. The molecule has 1 aliphatic heterocycles. The number of pyridine rings is 1. The van der Waals surface area contributed by atoms with E-state index in [0.717, 1.165) is 31.6 Å². The third-order valence-corrected chi connectivity index (χ3v) is 4.47. The first-order valence-electron chi connectivity index (χ1n) is 8.47. The van der Waals surface area contributed by atoms with Gasteiger partial charge in [-0.1, -0.05) is 18.2 Å². The Morgan fingerprint density at radius 2 is 2.04 bits per heavy atom. The highest BCUT2D eigenvalue weighted by Gasteiger charge is 2.21. The minimum absolute atomic E-state index is 0.0438. The molecule has 130 valence electrons. The third kappa shape index (κ3) is 4.35. The Morgan fingerprint density at radius 1 is 1.24 bits per heavy atom. The molecule has 3 N–H and O–H groups in total. The van der Waals surface area contributed by atoms with E-state index in [1.165, 1.54) is 0 Å². The summed E-state index contributed by atoms with van der Waals surface area (Å²) < 4.78 is 0. The van der Waals surface area contributed by atoms with Gasteiger partial charge in [0.05, 0.1) is 0 Å². The molecule has 0 radical (unpaired) electrons. The number of benzene rings is 1. The smallest absolute Gasteiger partial charge is 0.267 e. The molecule has 2 aromatic rings. The molecule has 0 saturated carbocycles. The lowest BCUT2D eigenvalue weighted by molar-refractivity contribution is 0.0944. The number of nitrogens with two attached hydrogens (primary N) is 1. The summed E-state index contributed by atoms with van der Waals surface area (Å²) in [5.74, 6) is -0.199. The van der Waals surface area contributed by atoms with E-state index < -0.39 is 5.91 Å². The van der Waals surface area contributed by atoms with Crippen molar-refractivity contribution in [2.75, 3.05) is 24.5 Å². The Hall–Kier alpha value is -2.89. The lowest BCUT2D eigenvalue weighted by Gasteiger charge is -2.34. The zero-order valence-corrected chi connectivity index (χ0v) is 14.0. The topological polar surface area (TPSA) is 88.3 Å². The van der Waals surface area contributed by atoms with E-state index in [9.17, 15) is 9.59 Å². The fourth-order valence-electron chi connectivity index (χ4n) is 3.15. The Morgan fingerprint density at radius 3 is 2.80 bits per heavy atom. The van der Waals surface area contributed by atoms with Gasteiger partial charge in [-0.05, 0) is 43.0 Å². The summed E-state index contributed by atoms with van der Waals surface area (Å²) in [6, 6.07) is 12.8. The predicted molar refractivity (Wildman–Crippen MR) is 96.5 cm³/mol. The molecular formula is C19H22N4O2. The van der Waals surface area contributed by atoms with Gasteiger partial charge >= 0.3 is 0 Å². The fourth-order valence-corrected chi connectivity index (χ4v) is 3.15. The first-order chi connectivity index (χ1) is 12.1. The summed E-state index contributed by atoms with van der Waals surface area (Å²) >= 11 is 0. The standard InChI is InChI=1S/C19H22N4O2/c20-18(24)17-11-16(8-9-21-17)23-10-4-5-14(13-23)12-22-19(25)15-6-2-1-3-7-15/h1-3,6-9,11,14H,4-5,10,12-13H2,(H2,20,24)(H,22,25)/t14-/m0/s1. The summed E-state index contributed by atoms with van der Waals surface area (Å²) in [4.78, 5) is 29.7. The first-order valence-corrected chi connectivity index (χ1v) is 8.47. The van der Waals surface area contributed by atoms with Crippen LogP contribution in [-0.2, 0) is 0 Å². The Kier molecular flexibility index (Phi) is 5.28. The van der Waals surface area contributed by atoms with Crippen molar-refractivity contribution in [3.8, 4) is 0 Å². The molecule has 1 fully saturated rings. The number of hydrogen-bond acceptors (Lipinski definition) is 4. The summed E-state index contributed by atoms with van der Waals surface area (Å²) in [6.07, 6.45) is 3.72. The van der Waals surface area contributed by atoms with Gasteiger partial charge in [-0.3, -0.25) is 14.6 Å². The normalized spacial score (nSPS) is 17.1. The van der Waals surface area contributed by atoms with Crippen LogP contribution < -0.4 is 16.0 Å². The molecule has 0 aliphatic carbocycles. The SMILES string of the molecule is NC(=O)c1cc(N2CCC[C@@H](CNC(=O)c3ccccc3)C2)ccn1. The zero-order valence-electron chi connectivity index (χ0n) is 14.0. The lowest BCUT2D eigenvalue weighted by Crippen LogP contribution is -2.41. The number of primary amides is 1. The number of aromatic nitrogens is 1. The highest BCUT2D eigenvalue weighted by Crippen LogP contribution is 2.23. The summed E-state index contributed by atoms with van der Waals surface area (Å²) in [5, 5.41) is 3.02. The first kappa shape index (κ1) is 17.0. The van der Waals surface area contributed by atoms with Crippen LogP contribution >= 0.6 is 0 Å². The number of carbonyl (C=O) groups excluding carboxylic acids is 2. The van der Waals surface area contributed by atoms with E-state index in [0.29, 0.717) is 18.0 Å². The average Bonchev–Trinajstić information content (AvgIpc) is 2.67. The minimum atomic E-state index is -0.523. The number of anilines is 1. The van der Waals surface area contributed by atoms with Gasteiger partial charge in [-0.15, -0.1) is 0 Å². The molecule has 3 rings (SSSR count). The van der Waals surface area contributed by atoms with Crippen LogP contribution in [0.25, 0.3) is 0 Å². The monoisotopic (exact) mass is 338 g/mol. The van der Waals surface area contributed by atoms with Gasteiger partial charge in [0.1, 0.15) is 5.69 Å². The van der Waals surface area contributed by atoms with Gasteiger partial charge in [-0.25, -0.2) is 0 Å². The van der Waals surface area contributed by atoms with Crippen molar-refractivity contribution in [1.29, 1.82) is 0 Å². The molecule has 2 amide bonds. The molecule has 25 heavy (non-hydrogen) atoms. The summed E-state index contributed by atoms with van der Waals surface area (Å²) in [5.41, 5.74) is 7.21.